The highest BCUT2D eigenvalue weighted by atomic mass is 32.2. The monoisotopic (exact) mass is 317 g/mol. The Morgan fingerprint density at radius 1 is 1.43 bits per heavy atom. The second-order valence-corrected chi connectivity index (χ2v) is 6.71. The molecule has 0 radical (unpaired) electrons. The van der Waals surface area contributed by atoms with Gasteiger partial charge in [0, 0.05) is 13.2 Å². The van der Waals surface area contributed by atoms with Crippen LogP contribution in [0.2, 0.25) is 0 Å². The number of aliphatic carboxylic acids is 1. The van der Waals surface area contributed by atoms with Crippen LogP contribution in [-0.4, -0.2) is 42.6 Å². The molecule has 8 nitrogen and oxygen atoms in total. The molecule has 0 fully saturated rings. The summed E-state index contributed by atoms with van der Waals surface area (Å²) in [5.41, 5.74) is -1.35. The van der Waals surface area contributed by atoms with E-state index in [0.29, 0.717) is 0 Å². The van der Waals surface area contributed by atoms with Crippen molar-refractivity contribution in [2.45, 2.75) is 30.7 Å². The predicted octanol–water partition coefficient (Wildman–Crippen LogP) is -0.0837. The molecular formula is C12H19N3O5S. The summed E-state index contributed by atoms with van der Waals surface area (Å²) < 4.78 is 26.9. The molecule has 9 heteroatoms. The van der Waals surface area contributed by atoms with E-state index in [1.54, 1.807) is 6.92 Å². The lowest BCUT2D eigenvalue weighted by molar-refractivity contribution is -0.143. The van der Waals surface area contributed by atoms with Crippen molar-refractivity contribution < 1.29 is 23.1 Å². The van der Waals surface area contributed by atoms with E-state index in [0.717, 1.165) is 0 Å². The molecule has 1 heterocycles. The highest BCUT2D eigenvalue weighted by Gasteiger charge is 2.34. The van der Waals surface area contributed by atoms with Gasteiger partial charge in [-0.1, -0.05) is 6.92 Å². The molecule has 1 rings (SSSR count). The lowest BCUT2D eigenvalue weighted by atomic mass is 9.99. The number of aromatic nitrogens is 1. The zero-order valence-corrected chi connectivity index (χ0v) is 13.1. The van der Waals surface area contributed by atoms with Gasteiger partial charge in [0.15, 0.2) is 0 Å². The van der Waals surface area contributed by atoms with Crippen molar-refractivity contribution in [1.29, 1.82) is 0 Å². The summed E-state index contributed by atoms with van der Waals surface area (Å²) in [4.78, 5) is 23.3. The van der Waals surface area contributed by atoms with Crippen LogP contribution in [0.5, 0.6) is 0 Å². The molecule has 3 N–H and O–H groups in total. The van der Waals surface area contributed by atoms with Crippen molar-refractivity contribution in [2.24, 2.45) is 7.05 Å². The zero-order chi connectivity index (χ0) is 16.4. The number of aryl methyl sites for hydroxylation is 1. The van der Waals surface area contributed by atoms with Crippen molar-refractivity contribution in [3.8, 4) is 0 Å². The van der Waals surface area contributed by atoms with Gasteiger partial charge in [0.05, 0.1) is 0 Å². The summed E-state index contributed by atoms with van der Waals surface area (Å²) in [6, 6.07) is 1.19. The summed E-state index contributed by atoms with van der Waals surface area (Å²) in [5, 5.41) is 11.6. The van der Waals surface area contributed by atoms with Crippen molar-refractivity contribution in [3.63, 3.8) is 0 Å². The first kappa shape index (κ1) is 17.2. The first-order valence-corrected chi connectivity index (χ1v) is 7.71. The molecule has 0 saturated carbocycles. The quantitative estimate of drug-likeness (QED) is 0.678. The Kier molecular flexibility index (Phi) is 4.79. The van der Waals surface area contributed by atoms with Gasteiger partial charge in [0.25, 0.3) is 5.91 Å². The number of carbonyl (C=O) groups is 2. The first-order valence-electron chi connectivity index (χ1n) is 6.23. The van der Waals surface area contributed by atoms with Crippen molar-refractivity contribution >= 4 is 21.9 Å². The maximum absolute atomic E-state index is 12.2. The molecule has 0 aromatic carbocycles. The molecule has 0 aliphatic rings. The molecule has 21 heavy (non-hydrogen) atoms. The maximum atomic E-state index is 12.2. The van der Waals surface area contributed by atoms with Gasteiger partial charge in [-0.25, -0.2) is 17.9 Å². The molecule has 0 aliphatic carbocycles. The second-order valence-electron chi connectivity index (χ2n) is 4.82. The van der Waals surface area contributed by atoms with Crippen LogP contribution in [0.3, 0.4) is 0 Å². The van der Waals surface area contributed by atoms with E-state index in [1.165, 1.54) is 37.8 Å². The SMILES string of the molecule is CCC(C)(NC(=O)c1cc(S(=O)(=O)NC)cn1C)C(=O)O. The van der Waals surface area contributed by atoms with Crippen LogP contribution >= 0.6 is 0 Å². The van der Waals surface area contributed by atoms with E-state index in [1.807, 2.05) is 0 Å². The molecule has 0 spiro atoms. The van der Waals surface area contributed by atoms with E-state index in [-0.39, 0.29) is 17.0 Å². The number of sulfonamides is 1. The average Bonchev–Trinajstić information content (AvgIpc) is 2.81. The van der Waals surface area contributed by atoms with Crippen LogP contribution < -0.4 is 10.0 Å². The third kappa shape index (κ3) is 3.42. The summed E-state index contributed by atoms with van der Waals surface area (Å²) in [7, 11) is -0.894. The van der Waals surface area contributed by atoms with E-state index in [4.69, 9.17) is 5.11 Å². The lowest BCUT2D eigenvalue weighted by Crippen LogP contribution is -2.52. The lowest BCUT2D eigenvalue weighted by Gasteiger charge is -2.24. The van der Waals surface area contributed by atoms with E-state index >= 15 is 0 Å². The van der Waals surface area contributed by atoms with Gasteiger partial charge < -0.3 is 15.0 Å². The zero-order valence-electron chi connectivity index (χ0n) is 12.3. The van der Waals surface area contributed by atoms with Crippen LogP contribution in [0.25, 0.3) is 0 Å². The molecular weight excluding hydrogens is 298 g/mol. The van der Waals surface area contributed by atoms with Crippen molar-refractivity contribution in [3.05, 3.63) is 18.0 Å². The van der Waals surface area contributed by atoms with Crippen LogP contribution in [0.15, 0.2) is 17.2 Å². The Morgan fingerprint density at radius 2 is 2.00 bits per heavy atom. The Morgan fingerprint density at radius 3 is 2.43 bits per heavy atom. The molecule has 118 valence electrons. The summed E-state index contributed by atoms with van der Waals surface area (Å²) in [6.45, 7) is 3.03. The number of hydrogen-bond acceptors (Lipinski definition) is 4. The van der Waals surface area contributed by atoms with Crippen molar-refractivity contribution in [1.82, 2.24) is 14.6 Å². The Labute approximate surface area is 123 Å². The van der Waals surface area contributed by atoms with Gasteiger partial charge >= 0.3 is 5.97 Å². The van der Waals surface area contributed by atoms with Gasteiger partial charge in [-0.15, -0.1) is 0 Å². The average molecular weight is 317 g/mol. The Balaban J connectivity index is 3.13. The third-order valence-corrected chi connectivity index (χ3v) is 4.74. The number of carboxylic acid groups (broad SMARTS) is 1. The Bertz CT molecular complexity index is 664. The largest absolute Gasteiger partial charge is 0.480 e. The molecule has 1 amide bonds. The van der Waals surface area contributed by atoms with Crippen LogP contribution in [0.1, 0.15) is 30.8 Å². The standard InChI is InChI=1S/C12H19N3O5S/c1-5-12(2,11(17)18)14-10(16)9-6-8(7-15(9)4)21(19,20)13-3/h6-7,13H,5H2,1-4H3,(H,14,16)(H,17,18). The van der Waals surface area contributed by atoms with Gasteiger partial charge in [-0.2, -0.15) is 0 Å². The molecule has 1 aromatic heterocycles. The fourth-order valence-electron chi connectivity index (χ4n) is 1.63. The summed E-state index contributed by atoms with van der Waals surface area (Å²) in [5.74, 6) is -1.81. The second kappa shape index (κ2) is 5.86. The highest BCUT2D eigenvalue weighted by molar-refractivity contribution is 7.89. The predicted molar refractivity (Wildman–Crippen MR) is 75.5 cm³/mol. The van der Waals surface area contributed by atoms with Crippen LogP contribution in [-0.2, 0) is 21.9 Å². The summed E-state index contributed by atoms with van der Waals surface area (Å²) in [6.07, 6.45) is 1.48. The van der Waals surface area contributed by atoms with Gasteiger partial charge in [-0.05, 0) is 26.5 Å². The van der Waals surface area contributed by atoms with E-state index < -0.39 is 27.4 Å². The van der Waals surface area contributed by atoms with E-state index in [2.05, 4.69) is 10.0 Å². The molecule has 0 saturated heterocycles. The number of nitrogens with zero attached hydrogens (tertiary/aromatic N) is 1. The van der Waals surface area contributed by atoms with E-state index in [9.17, 15) is 18.0 Å². The fourth-order valence-corrected chi connectivity index (χ4v) is 2.43. The molecule has 0 aliphatic heterocycles. The van der Waals surface area contributed by atoms with Gasteiger partial charge in [0.1, 0.15) is 16.1 Å². The number of carbonyl (C=O) groups excluding carboxylic acids is 1. The normalized spacial score (nSPS) is 14.5. The fraction of sp³-hybridized carbons (Fsp3) is 0.500. The molecule has 0 bridgehead atoms. The maximum Gasteiger partial charge on any atom is 0.329 e. The molecule has 1 unspecified atom stereocenters. The summed E-state index contributed by atoms with van der Waals surface area (Å²) >= 11 is 0. The highest BCUT2D eigenvalue weighted by Crippen LogP contribution is 2.15. The minimum Gasteiger partial charge on any atom is -0.480 e. The third-order valence-electron chi connectivity index (χ3n) is 3.36. The number of rotatable bonds is 6. The number of amides is 1. The minimum atomic E-state index is -3.67. The van der Waals surface area contributed by atoms with Gasteiger partial charge in [-0.3, -0.25) is 4.79 Å². The smallest absolute Gasteiger partial charge is 0.329 e. The molecule has 1 atom stereocenters. The van der Waals surface area contributed by atoms with Gasteiger partial charge in [0.2, 0.25) is 10.0 Å². The minimum absolute atomic E-state index is 0.0600. The number of carboxylic acids is 1. The topological polar surface area (TPSA) is 117 Å². The first-order chi connectivity index (χ1) is 9.57. The number of nitrogens with one attached hydrogen (secondary N) is 2. The Hall–Kier alpha value is -1.87. The van der Waals surface area contributed by atoms with Crippen molar-refractivity contribution in [2.75, 3.05) is 7.05 Å². The molecule has 1 aromatic rings. The van der Waals surface area contributed by atoms with Crippen LogP contribution in [0, 0.1) is 0 Å². The van der Waals surface area contributed by atoms with Crippen LogP contribution in [0.4, 0.5) is 0 Å². The number of hydrogen-bond donors (Lipinski definition) is 3.